The Kier molecular flexibility index (Phi) is 8.49. The lowest BCUT2D eigenvalue weighted by molar-refractivity contribution is 0.229. The number of hydrogen-bond donors (Lipinski definition) is 1. The van der Waals surface area contributed by atoms with Crippen LogP contribution in [0.4, 0.5) is 0 Å². The van der Waals surface area contributed by atoms with E-state index in [0.29, 0.717) is 6.54 Å². The van der Waals surface area contributed by atoms with Crippen LogP contribution in [0.25, 0.3) is 0 Å². The summed E-state index contributed by atoms with van der Waals surface area (Å²) in [6.07, 6.45) is 2.61. The number of ether oxygens (including phenoxy) is 1. The Morgan fingerprint density at radius 1 is 1.29 bits per heavy atom. The van der Waals surface area contributed by atoms with Gasteiger partial charge in [0.1, 0.15) is 11.9 Å². The first kappa shape index (κ1) is 18.1. The van der Waals surface area contributed by atoms with E-state index in [0.717, 1.165) is 31.3 Å². The van der Waals surface area contributed by atoms with Crippen LogP contribution in [0.3, 0.4) is 0 Å². The smallest absolute Gasteiger partial charge is 0.194 e. The van der Waals surface area contributed by atoms with Gasteiger partial charge in [-0.15, -0.1) is 24.0 Å². The summed E-state index contributed by atoms with van der Waals surface area (Å²) in [5.41, 5.74) is 0. The van der Waals surface area contributed by atoms with E-state index in [2.05, 4.69) is 24.1 Å². The molecule has 1 atom stereocenters. The summed E-state index contributed by atoms with van der Waals surface area (Å²) in [6.45, 7) is 7.97. The molecule has 0 spiro atoms. The van der Waals surface area contributed by atoms with Gasteiger partial charge < -0.3 is 15.0 Å². The van der Waals surface area contributed by atoms with Crippen molar-refractivity contribution >= 4 is 29.9 Å². The summed E-state index contributed by atoms with van der Waals surface area (Å²) < 4.78 is 5.85. The molecule has 1 saturated heterocycles. The predicted octanol–water partition coefficient (Wildman–Crippen LogP) is 3.13. The van der Waals surface area contributed by atoms with Crippen LogP contribution in [0, 0.1) is 0 Å². The molecular weight excluding hydrogens is 377 g/mol. The summed E-state index contributed by atoms with van der Waals surface area (Å²) >= 11 is 0. The molecule has 4 nitrogen and oxygen atoms in total. The van der Waals surface area contributed by atoms with Crippen molar-refractivity contribution in [1.29, 1.82) is 0 Å². The highest BCUT2D eigenvalue weighted by molar-refractivity contribution is 14.0. The first-order chi connectivity index (χ1) is 9.79. The molecule has 0 aliphatic carbocycles. The molecule has 0 saturated carbocycles. The molecule has 1 aliphatic rings. The number of rotatable bonds is 5. The van der Waals surface area contributed by atoms with Crippen LogP contribution in [0.2, 0.25) is 0 Å². The summed E-state index contributed by atoms with van der Waals surface area (Å²) in [5, 5.41) is 3.36. The third-order valence-electron chi connectivity index (χ3n) is 3.32. The predicted molar refractivity (Wildman–Crippen MR) is 98.7 cm³/mol. The molecule has 1 aromatic rings. The molecule has 1 aromatic carbocycles. The Hall–Kier alpha value is -0.980. The van der Waals surface area contributed by atoms with Crippen molar-refractivity contribution in [3.8, 4) is 5.75 Å². The van der Waals surface area contributed by atoms with Crippen LogP contribution in [0.1, 0.15) is 26.7 Å². The Morgan fingerprint density at radius 2 is 1.95 bits per heavy atom. The monoisotopic (exact) mass is 403 g/mol. The van der Waals surface area contributed by atoms with Crippen molar-refractivity contribution in [2.24, 2.45) is 4.99 Å². The van der Waals surface area contributed by atoms with Gasteiger partial charge in [-0.05, 0) is 38.8 Å². The number of halogens is 1. The molecule has 21 heavy (non-hydrogen) atoms. The van der Waals surface area contributed by atoms with Crippen molar-refractivity contribution in [3.63, 3.8) is 0 Å². The SMILES string of the molecule is CCNC(=NCC(C)Oc1ccccc1)N1CCCC1.I. The maximum absolute atomic E-state index is 5.85. The molecule has 1 aliphatic heterocycles. The lowest BCUT2D eigenvalue weighted by Crippen LogP contribution is -2.40. The lowest BCUT2D eigenvalue weighted by atomic mass is 10.3. The number of aliphatic imine (C=N–C) groups is 1. The Morgan fingerprint density at radius 3 is 2.57 bits per heavy atom. The number of likely N-dealkylation sites (tertiary alicyclic amines) is 1. The second kappa shape index (κ2) is 9.87. The van der Waals surface area contributed by atoms with E-state index in [1.807, 2.05) is 30.3 Å². The topological polar surface area (TPSA) is 36.9 Å². The highest BCUT2D eigenvalue weighted by atomic mass is 127. The van der Waals surface area contributed by atoms with E-state index in [1.54, 1.807) is 0 Å². The van der Waals surface area contributed by atoms with Gasteiger partial charge in [0.2, 0.25) is 0 Å². The summed E-state index contributed by atoms with van der Waals surface area (Å²) in [4.78, 5) is 7.03. The molecule has 5 heteroatoms. The zero-order chi connectivity index (χ0) is 14.2. The largest absolute Gasteiger partial charge is 0.489 e. The summed E-state index contributed by atoms with van der Waals surface area (Å²) in [5.74, 6) is 1.93. The minimum absolute atomic E-state index is 0. The third-order valence-corrected chi connectivity index (χ3v) is 3.32. The first-order valence-corrected chi connectivity index (χ1v) is 7.54. The molecular formula is C16H26IN3O. The van der Waals surface area contributed by atoms with Crippen molar-refractivity contribution in [2.75, 3.05) is 26.2 Å². The fourth-order valence-electron chi connectivity index (χ4n) is 2.34. The van der Waals surface area contributed by atoms with Gasteiger partial charge in [-0.2, -0.15) is 0 Å². The highest BCUT2D eigenvalue weighted by Crippen LogP contribution is 2.11. The minimum atomic E-state index is 0. The molecule has 1 N–H and O–H groups in total. The van der Waals surface area contributed by atoms with E-state index in [1.165, 1.54) is 12.8 Å². The van der Waals surface area contributed by atoms with Gasteiger partial charge in [-0.25, -0.2) is 4.99 Å². The summed E-state index contributed by atoms with van der Waals surface area (Å²) in [6, 6.07) is 9.92. The standard InChI is InChI=1S/C16H25N3O.HI/c1-3-17-16(19-11-7-8-12-19)18-13-14(2)20-15-9-5-4-6-10-15;/h4-6,9-10,14H,3,7-8,11-13H2,1-2H3,(H,17,18);1H. The molecule has 1 heterocycles. The lowest BCUT2D eigenvalue weighted by Gasteiger charge is -2.21. The molecule has 1 unspecified atom stereocenters. The van der Waals surface area contributed by atoms with Crippen LogP contribution >= 0.6 is 24.0 Å². The van der Waals surface area contributed by atoms with Crippen LogP contribution in [-0.4, -0.2) is 43.1 Å². The maximum atomic E-state index is 5.85. The van der Waals surface area contributed by atoms with Gasteiger partial charge in [0, 0.05) is 19.6 Å². The number of guanidine groups is 1. The zero-order valence-corrected chi connectivity index (χ0v) is 15.2. The molecule has 0 radical (unpaired) electrons. The average Bonchev–Trinajstić information content (AvgIpc) is 2.98. The van der Waals surface area contributed by atoms with Crippen LogP contribution in [0.15, 0.2) is 35.3 Å². The Balaban J connectivity index is 0.00000220. The van der Waals surface area contributed by atoms with Crippen LogP contribution in [-0.2, 0) is 0 Å². The van der Waals surface area contributed by atoms with Crippen molar-refractivity contribution < 1.29 is 4.74 Å². The Bertz CT molecular complexity index is 419. The second-order valence-corrected chi connectivity index (χ2v) is 5.13. The molecule has 1 fully saturated rings. The fourth-order valence-corrected chi connectivity index (χ4v) is 2.34. The van der Waals surface area contributed by atoms with Gasteiger partial charge in [-0.1, -0.05) is 18.2 Å². The van der Waals surface area contributed by atoms with Gasteiger partial charge in [0.05, 0.1) is 6.54 Å². The van der Waals surface area contributed by atoms with Crippen LogP contribution in [0.5, 0.6) is 5.75 Å². The van der Waals surface area contributed by atoms with E-state index >= 15 is 0 Å². The van der Waals surface area contributed by atoms with Crippen molar-refractivity contribution in [2.45, 2.75) is 32.8 Å². The van der Waals surface area contributed by atoms with Gasteiger partial charge >= 0.3 is 0 Å². The number of para-hydroxylation sites is 1. The first-order valence-electron chi connectivity index (χ1n) is 7.54. The molecule has 118 valence electrons. The Labute approximate surface area is 145 Å². The normalized spacial score (nSPS) is 16.3. The molecule has 0 amide bonds. The van der Waals surface area contributed by atoms with Crippen LogP contribution < -0.4 is 10.1 Å². The van der Waals surface area contributed by atoms with E-state index in [-0.39, 0.29) is 30.1 Å². The molecule has 2 rings (SSSR count). The number of nitrogens with one attached hydrogen (secondary N) is 1. The molecule has 0 bridgehead atoms. The van der Waals surface area contributed by atoms with E-state index < -0.39 is 0 Å². The van der Waals surface area contributed by atoms with Crippen molar-refractivity contribution in [1.82, 2.24) is 10.2 Å². The van der Waals surface area contributed by atoms with Gasteiger partial charge in [-0.3, -0.25) is 0 Å². The second-order valence-electron chi connectivity index (χ2n) is 5.13. The third kappa shape index (κ3) is 6.11. The quantitative estimate of drug-likeness (QED) is 0.466. The van der Waals surface area contributed by atoms with Gasteiger partial charge in [0.25, 0.3) is 0 Å². The highest BCUT2D eigenvalue weighted by Gasteiger charge is 2.15. The zero-order valence-electron chi connectivity index (χ0n) is 12.9. The maximum Gasteiger partial charge on any atom is 0.194 e. The number of hydrogen-bond acceptors (Lipinski definition) is 2. The van der Waals surface area contributed by atoms with E-state index in [9.17, 15) is 0 Å². The minimum Gasteiger partial charge on any atom is -0.489 e. The summed E-state index contributed by atoms with van der Waals surface area (Å²) in [7, 11) is 0. The van der Waals surface area contributed by atoms with Gasteiger partial charge in [0.15, 0.2) is 5.96 Å². The molecule has 0 aromatic heterocycles. The average molecular weight is 403 g/mol. The fraction of sp³-hybridized carbons (Fsp3) is 0.562. The number of nitrogens with zero attached hydrogens (tertiary/aromatic N) is 2. The van der Waals surface area contributed by atoms with E-state index in [4.69, 9.17) is 9.73 Å². The van der Waals surface area contributed by atoms with Crippen molar-refractivity contribution in [3.05, 3.63) is 30.3 Å². The number of benzene rings is 1.